The van der Waals surface area contributed by atoms with Crippen molar-refractivity contribution >= 4 is 17.8 Å². The van der Waals surface area contributed by atoms with E-state index in [1.165, 1.54) is 161 Å². The normalized spacial score (nSPS) is 11.7. The summed E-state index contributed by atoms with van der Waals surface area (Å²) in [5, 5.41) is 7.17. The number of rotatable bonds is 43. The summed E-state index contributed by atoms with van der Waals surface area (Å²) in [6.45, 7) is 18.5. The predicted molar refractivity (Wildman–Crippen MR) is 238 cm³/mol. The molecule has 0 fully saturated rings. The second kappa shape index (κ2) is 37.8. The van der Waals surface area contributed by atoms with Crippen LogP contribution >= 0.6 is 0 Å². The van der Waals surface area contributed by atoms with Gasteiger partial charge < -0.3 is 29.7 Å². The molecule has 0 radical (unpaired) electrons. The Labute approximate surface area is 341 Å². The molecule has 9 nitrogen and oxygen atoms in total. The van der Waals surface area contributed by atoms with Crippen molar-refractivity contribution in [1.29, 1.82) is 0 Å². The Balaban J connectivity index is 2.60. The third-order valence-corrected chi connectivity index (χ3v) is 10.6. The highest BCUT2D eigenvalue weighted by Gasteiger charge is 2.31. The first-order chi connectivity index (χ1) is 27.1. The number of unbranched alkanes of at least 4 members (excludes halogenated alkanes) is 24. The lowest BCUT2D eigenvalue weighted by atomic mass is 10.1. The fraction of sp³-hybridized carbons (Fsp3) is 0.935. The lowest BCUT2D eigenvalue weighted by Crippen LogP contribution is -2.39. The van der Waals surface area contributed by atoms with Gasteiger partial charge in [-0.25, -0.2) is 0 Å². The molecule has 0 saturated carbocycles. The number of nitrogens with one attached hydrogen (secondary N) is 2. The van der Waals surface area contributed by atoms with E-state index in [4.69, 9.17) is 29.2 Å². The van der Waals surface area contributed by atoms with Crippen LogP contribution in [0.4, 0.5) is 17.8 Å². The molecule has 0 aliphatic rings. The molecular formula is C46H92N6O3. The SMILES string of the molecule is CCCCCCCCNc1nc(NCCCCCCCCCCCCC(OCC)(OCC)OCC)nc(N(CCCCCCCC)CCCCCCCC)n1. The van der Waals surface area contributed by atoms with Crippen LogP contribution in [0.15, 0.2) is 0 Å². The van der Waals surface area contributed by atoms with Gasteiger partial charge in [0.15, 0.2) is 0 Å². The van der Waals surface area contributed by atoms with Crippen molar-refractivity contribution in [2.45, 2.75) is 234 Å². The number of ether oxygens (including phenoxy) is 3. The Kier molecular flexibility index (Phi) is 35.3. The molecule has 0 aromatic carbocycles. The van der Waals surface area contributed by atoms with E-state index >= 15 is 0 Å². The summed E-state index contributed by atoms with van der Waals surface area (Å²) in [7, 11) is 0. The van der Waals surface area contributed by atoms with E-state index in [9.17, 15) is 0 Å². The van der Waals surface area contributed by atoms with E-state index in [0.29, 0.717) is 19.8 Å². The van der Waals surface area contributed by atoms with Gasteiger partial charge in [-0.1, -0.05) is 168 Å². The van der Waals surface area contributed by atoms with Crippen LogP contribution in [-0.4, -0.2) is 66.9 Å². The van der Waals surface area contributed by atoms with Crippen molar-refractivity contribution in [1.82, 2.24) is 15.0 Å². The third kappa shape index (κ3) is 28.4. The monoisotopic (exact) mass is 777 g/mol. The third-order valence-electron chi connectivity index (χ3n) is 10.6. The molecule has 1 aromatic rings. The summed E-state index contributed by atoms with van der Waals surface area (Å²) < 4.78 is 17.6. The smallest absolute Gasteiger partial charge is 0.282 e. The van der Waals surface area contributed by atoms with Crippen molar-refractivity contribution in [2.24, 2.45) is 0 Å². The molecule has 0 amide bonds. The standard InChI is InChI=1S/C46H92N6O3/c1-7-13-16-19-29-34-39-47-43-49-44(51-45(50-43)52(41-36-31-20-17-14-8-2)42-37-32-21-18-15-9-3)48-40-35-30-27-25-23-22-24-26-28-33-38-46(53-10-4,54-11-5)55-12-6/h7-42H2,1-6H3,(H2,47,48,49,50,51). The summed E-state index contributed by atoms with van der Waals surface area (Å²) in [5.74, 6) is 1.45. The van der Waals surface area contributed by atoms with Crippen molar-refractivity contribution < 1.29 is 14.2 Å². The molecule has 0 saturated heterocycles. The fourth-order valence-corrected chi connectivity index (χ4v) is 7.33. The Hall–Kier alpha value is -1.71. The number of aromatic nitrogens is 3. The van der Waals surface area contributed by atoms with Crippen molar-refractivity contribution in [3.63, 3.8) is 0 Å². The van der Waals surface area contributed by atoms with Gasteiger partial charge in [0.05, 0.1) is 0 Å². The lowest BCUT2D eigenvalue weighted by molar-refractivity contribution is -0.380. The largest absolute Gasteiger partial charge is 0.354 e. The Morgan fingerprint density at radius 1 is 0.400 bits per heavy atom. The molecule has 55 heavy (non-hydrogen) atoms. The number of anilines is 3. The highest BCUT2D eigenvalue weighted by Crippen LogP contribution is 2.24. The van der Waals surface area contributed by atoms with E-state index in [0.717, 1.165) is 69.7 Å². The quantitative estimate of drug-likeness (QED) is 0.0496. The molecular weight excluding hydrogens is 685 g/mol. The minimum absolute atomic E-state index is 0.601. The van der Waals surface area contributed by atoms with Gasteiger partial charge in [-0.3, -0.25) is 0 Å². The van der Waals surface area contributed by atoms with Crippen LogP contribution in [0.25, 0.3) is 0 Å². The molecule has 1 rings (SSSR count). The minimum atomic E-state index is -0.855. The van der Waals surface area contributed by atoms with Gasteiger partial charge in [0.25, 0.3) is 5.97 Å². The predicted octanol–water partition coefficient (Wildman–Crippen LogP) is 13.6. The first-order valence-electron chi connectivity index (χ1n) is 24.0. The average Bonchev–Trinajstić information content (AvgIpc) is 3.18. The fourth-order valence-electron chi connectivity index (χ4n) is 7.33. The maximum absolute atomic E-state index is 5.87. The van der Waals surface area contributed by atoms with Crippen LogP contribution in [0.1, 0.15) is 228 Å². The molecule has 2 N–H and O–H groups in total. The van der Waals surface area contributed by atoms with Gasteiger partial charge in [0.2, 0.25) is 17.8 Å². The Morgan fingerprint density at radius 3 is 1.09 bits per heavy atom. The maximum atomic E-state index is 5.87. The van der Waals surface area contributed by atoms with Crippen molar-refractivity contribution in [3.05, 3.63) is 0 Å². The maximum Gasteiger partial charge on any atom is 0.282 e. The highest BCUT2D eigenvalue weighted by atomic mass is 16.9. The average molecular weight is 777 g/mol. The first-order valence-corrected chi connectivity index (χ1v) is 24.0. The van der Waals surface area contributed by atoms with Crippen LogP contribution in [0, 0.1) is 0 Å². The number of nitrogens with zero attached hydrogens (tertiary/aromatic N) is 4. The minimum Gasteiger partial charge on any atom is -0.354 e. The molecule has 0 unspecified atom stereocenters. The zero-order valence-corrected chi connectivity index (χ0v) is 37.5. The summed E-state index contributed by atoms with van der Waals surface area (Å²) in [6, 6.07) is 0. The van der Waals surface area contributed by atoms with E-state index in [2.05, 4.69) is 36.3 Å². The zero-order chi connectivity index (χ0) is 39.9. The molecule has 0 atom stereocenters. The molecule has 0 aliphatic heterocycles. The molecule has 9 heteroatoms. The summed E-state index contributed by atoms with van der Waals surface area (Å²) in [4.78, 5) is 17.4. The number of hydrogen-bond acceptors (Lipinski definition) is 9. The molecule has 324 valence electrons. The van der Waals surface area contributed by atoms with Gasteiger partial charge in [-0.2, -0.15) is 15.0 Å². The van der Waals surface area contributed by atoms with Gasteiger partial charge in [-0.15, -0.1) is 0 Å². The van der Waals surface area contributed by atoms with Gasteiger partial charge in [0, 0.05) is 52.4 Å². The van der Waals surface area contributed by atoms with Crippen LogP contribution in [0.3, 0.4) is 0 Å². The van der Waals surface area contributed by atoms with Crippen LogP contribution < -0.4 is 15.5 Å². The summed E-state index contributed by atoms with van der Waals surface area (Å²) >= 11 is 0. The molecule has 0 aliphatic carbocycles. The van der Waals surface area contributed by atoms with E-state index in [1.807, 2.05) is 20.8 Å². The van der Waals surface area contributed by atoms with Crippen LogP contribution in [-0.2, 0) is 14.2 Å². The summed E-state index contributed by atoms with van der Waals surface area (Å²) in [5.41, 5.74) is 0. The van der Waals surface area contributed by atoms with Gasteiger partial charge in [0.1, 0.15) is 0 Å². The molecule has 0 bridgehead atoms. The molecule has 0 spiro atoms. The van der Waals surface area contributed by atoms with E-state index in [-0.39, 0.29) is 0 Å². The van der Waals surface area contributed by atoms with E-state index in [1.54, 1.807) is 0 Å². The second-order valence-corrected chi connectivity index (χ2v) is 15.7. The van der Waals surface area contributed by atoms with Crippen molar-refractivity contribution in [3.8, 4) is 0 Å². The Morgan fingerprint density at radius 2 is 0.727 bits per heavy atom. The second-order valence-electron chi connectivity index (χ2n) is 15.7. The Bertz CT molecular complexity index is 921. The lowest BCUT2D eigenvalue weighted by Gasteiger charge is -2.32. The summed E-state index contributed by atoms with van der Waals surface area (Å²) in [6.07, 6.45) is 36.6. The number of hydrogen-bond donors (Lipinski definition) is 2. The van der Waals surface area contributed by atoms with Crippen LogP contribution in [0.5, 0.6) is 0 Å². The van der Waals surface area contributed by atoms with Gasteiger partial charge >= 0.3 is 0 Å². The first kappa shape index (κ1) is 51.3. The van der Waals surface area contributed by atoms with Crippen molar-refractivity contribution in [2.75, 3.05) is 61.5 Å². The molecule has 1 aromatic heterocycles. The van der Waals surface area contributed by atoms with Gasteiger partial charge in [-0.05, 0) is 52.9 Å². The van der Waals surface area contributed by atoms with E-state index < -0.39 is 5.97 Å². The topological polar surface area (TPSA) is 93.7 Å². The highest BCUT2D eigenvalue weighted by molar-refractivity contribution is 5.43. The van der Waals surface area contributed by atoms with Crippen LogP contribution in [0.2, 0.25) is 0 Å². The molecule has 1 heterocycles. The zero-order valence-electron chi connectivity index (χ0n) is 37.5.